The van der Waals surface area contributed by atoms with Gasteiger partial charge in [-0.25, -0.2) is 4.98 Å². The van der Waals surface area contributed by atoms with Gasteiger partial charge < -0.3 is 15.6 Å². The van der Waals surface area contributed by atoms with Gasteiger partial charge in [0.05, 0.1) is 12.4 Å². The van der Waals surface area contributed by atoms with Crippen LogP contribution in [-0.4, -0.2) is 21.5 Å². The van der Waals surface area contributed by atoms with Crippen LogP contribution < -0.4 is 11.1 Å². The second kappa shape index (κ2) is 9.77. The van der Waals surface area contributed by atoms with E-state index in [2.05, 4.69) is 29.4 Å². The second-order valence-corrected chi connectivity index (χ2v) is 7.99. The molecule has 7 heteroatoms. The van der Waals surface area contributed by atoms with Crippen LogP contribution in [0.15, 0.2) is 43.0 Å². The third-order valence-electron chi connectivity index (χ3n) is 6.32. The van der Waals surface area contributed by atoms with Crippen molar-refractivity contribution in [3.63, 3.8) is 0 Å². The van der Waals surface area contributed by atoms with Gasteiger partial charge in [-0.1, -0.05) is 18.6 Å². The molecule has 28 heavy (non-hydrogen) atoms. The van der Waals surface area contributed by atoms with Crippen LogP contribution in [0.5, 0.6) is 0 Å². The summed E-state index contributed by atoms with van der Waals surface area (Å²) in [6, 6.07) is 8.54. The number of fused-ring (bicyclic) bond motifs is 2. The molecule has 154 valence electrons. The highest BCUT2D eigenvalue weighted by atomic mass is 35.5. The summed E-state index contributed by atoms with van der Waals surface area (Å²) in [6.07, 6.45) is 11.0. The van der Waals surface area contributed by atoms with E-state index in [1.54, 1.807) is 12.5 Å². The normalized spacial score (nSPS) is 27.1. The number of imidazole rings is 1. The molecule has 3 atom stereocenters. The molecule has 1 heterocycles. The van der Waals surface area contributed by atoms with Crippen LogP contribution in [0.25, 0.3) is 5.69 Å². The summed E-state index contributed by atoms with van der Waals surface area (Å²) in [5, 5.41) is 3.24. The number of hydrogen-bond acceptors (Lipinski definition) is 3. The maximum absolute atomic E-state index is 12.9. The van der Waals surface area contributed by atoms with E-state index in [9.17, 15) is 4.79 Å². The number of halogens is 2. The highest BCUT2D eigenvalue weighted by Crippen LogP contribution is 2.42. The van der Waals surface area contributed by atoms with E-state index in [0.29, 0.717) is 17.9 Å². The largest absolute Gasteiger partial charge is 0.349 e. The minimum Gasteiger partial charge on any atom is -0.349 e. The van der Waals surface area contributed by atoms with Gasteiger partial charge in [-0.15, -0.1) is 24.8 Å². The molecular formula is C21H30Cl2N4O. The minimum absolute atomic E-state index is 0. The number of aromatic nitrogens is 2. The van der Waals surface area contributed by atoms with Crippen molar-refractivity contribution in [1.29, 1.82) is 0 Å². The number of carbonyl (C=O) groups is 1. The van der Waals surface area contributed by atoms with Gasteiger partial charge in [0.2, 0.25) is 5.91 Å². The molecule has 4 rings (SSSR count). The third kappa shape index (κ3) is 4.70. The van der Waals surface area contributed by atoms with Crippen molar-refractivity contribution >= 4 is 30.7 Å². The van der Waals surface area contributed by atoms with Gasteiger partial charge in [-0.3, -0.25) is 4.79 Å². The molecular weight excluding hydrogens is 395 g/mol. The molecule has 0 aliphatic heterocycles. The molecule has 1 aromatic carbocycles. The van der Waals surface area contributed by atoms with Gasteiger partial charge in [-0.2, -0.15) is 0 Å². The summed E-state index contributed by atoms with van der Waals surface area (Å²) in [5.74, 6) is 1.36. The Kier molecular flexibility index (Phi) is 7.93. The number of nitrogens with one attached hydrogen (secondary N) is 1. The molecule has 0 spiro atoms. The third-order valence-corrected chi connectivity index (χ3v) is 6.32. The maximum Gasteiger partial charge on any atom is 0.223 e. The van der Waals surface area contributed by atoms with Crippen LogP contribution in [0.1, 0.15) is 50.6 Å². The Morgan fingerprint density at radius 2 is 1.96 bits per heavy atom. The number of hydrogen-bond donors (Lipinski definition) is 2. The number of nitrogens with zero attached hydrogens (tertiary/aromatic N) is 2. The monoisotopic (exact) mass is 424 g/mol. The molecule has 1 aromatic heterocycles. The predicted octanol–water partition coefficient (Wildman–Crippen LogP) is 4.05. The van der Waals surface area contributed by atoms with Crippen molar-refractivity contribution < 1.29 is 4.79 Å². The lowest BCUT2D eigenvalue weighted by molar-refractivity contribution is -0.128. The molecule has 2 fully saturated rings. The Hall–Kier alpha value is -1.56. The lowest BCUT2D eigenvalue weighted by atomic mass is 9.65. The zero-order valence-corrected chi connectivity index (χ0v) is 17.8. The molecule has 2 bridgehead atoms. The van der Waals surface area contributed by atoms with Crippen LogP contribution in [0, 0.1) is 17.8 Å². The van der Waals surface area contributed by atoms with E-state index in [1.807, 2.05) is 22.9 Å². The van der Waals surface area contributed by atoms with Crippen molar-refractivity contribution in [2.24, 2.45) is 23.5 Å². The van der Waals surface area contributed by atoms with E-state index in [-0.39, 0.29) is 42.7 Å². The summed E-state index contributed by atoms with van der Waals surface area (Å²) in [4.78, 5) is 17.0. The van der Waals surface area contributed by atoms with Gasteiger partial charge in [0.25, 0.3) is 0 Å². The van der Waals surface area contributed by atoms with Crippen LogP contribution in [0.3, 0.4) is 0 Å². The van der Waals surface area contributed by atoms with E-state index in [0.717, 1.165) is 24.1 Å². The molecule has 2 aromatic rings. The lowest BCUT2D eigenvalue weighted by Gasteiger charge is -2.43. The zero-order valence-electron chi connectivity index (χ0n) is 16.2. The summed E-state index contributed by atoms with van der Waals surface area (Å²) in [7, 11) is 0. The van der Waals surface area contributed by atoms with E-state index in [4.69, 9.17) is 5.73 Å². The summed E-state index contributed by atoms with van der Waals surface area (Å²) >= 11 is 0. The van der Waals surface area contributed by atoms with Crippen LogP contribution in [0.4, 0.5) is 0 Å². The molecule has 2 saturated carbocycles. The zero-order chi connectivity index (χ0) is 18.1. The van der Waals surface area contributed by atoms with Crippen molar-refractivity contribution in [2.75, 3.05) is 0 Å². The average Bonchev–Trinajstić information content (AvgIpc) is 3.16. The average molecular weight is 425 g/mol. The van der Waals surface area contributed by atoms with E-state index in [1.165, 1.54) is 19.3 Å². The first-order chi connectivity index (χ1) is 12.6. The number of rotatable bonds is 4. The first kappa shape index (κ1) is 22.7. The predicted molar refractivity (Wildman–Crippen MR) is 116 cm³/mol. The van der Waals surface area contributed by atoms with Crippen LogP contribution in [-0.2, 0) is 4.79 Å². The van der Waals surface area contributed by atoms with Crippen molar-refractivity contribution in [1.82, 2.24) is 14.9 Å². The van der Waals surface area contributed by atoms with Crippen molar-refractivity contribution in [3.8, 4) is 5.69 Å². The molecule has 0 radical (unpaired) electrons. The second-order valence-electron chi connectivity index (χ2n) is 7.99. The van der Waals surface area contributed by atoms with Crippen LogP contribution >= 0.6 is 24.8 Å². The van der Waals surface area contributed by atoms with E-state index >= 15 is 0 Å². The Labute approximate surface area is 179 Å². The summed E-state index contributed by atoms with van der Waals surface area (Å²) in [6.45, 7) is 2.06. The highest BCUT2D eigenvalue weighted by molar-refractivity contribution is 5.85. The number of carbonyl (C=O) groups excluding carboxylic acids is 1. The number of amides is 1. The number of benzene rings is 1. The standard InChI is InChI=1S/C21H28N4O.2ClH/c1-14(15-4-3-7-19(12-15)25-9-8-23-13-25)24-21(26)18-10-16-5-2-6-17(11-18)20(16)22;;/h3-4,7-9,12-14,16-18,20H,2,5-6,10-11,22H2,1H3,(H,24,26);2*1H. The molecule has 0 saturated heterocycles. The lowest BCUT2D eigenvalue weighted by Crippen LogP contribution is -2.49. The molecule has 1 amide bonds. The fourth-order valence-corrected chi connectivity index (χ4v) is 4.78. The van der Waals surface area contributed by atoms with Crippen LogP contribution in [0.2, 0.25) is 0 Å². The maximum atomic E-state index is 12.9. The molecule has 3 N–H and O–H groups in total. The quantitative estimate of drug-likeness (QED) is 0.777. The SMILES string of the molecule is CC(NC(=O)C1CC2CCCC(C1)C2N)c1cccc(-n2ccnc2)c1.Cl.Cl. The summed E-state index contributed by atoms with van der Waals surface area (Å²) in [5.41, 5.74) is 8.53. The van der Waals surface area contributed by atoms with Crippen molar-refractivity contribution in [3.05, 3.63) is 48.5 Å². The van der Waals surface area contributed by atoms with Crippen molar-refractivity contribution in [2.45, 2.75) is 51.1 Å². The van der Waals surface area contributed by atoms with Gasteiger partial charge in [0.1, 0.15) is 0 Å². The Morgan fingerprint density at radius 1 is 1.25 bits per heavy atom. The summed E-state index contributed by atoms with van der Waals surface area (Å²) < 4.78 is 1.97. The molecule has 3 unspecified atom stereocenters. The number of nitrogens with two attached hydrogens (primary N) is 1. The van der Waals surface area contributed by atoms with Gasteiger partial charge in [-0.05, 0) is 62.1 Å². The van der Waals surface area contributed by atoms with Gasteiger partial charge in [0, 0.05) is 30.0 Å². The van der Waals surface area contributed by atoms with Gasteiger partial charge >= 0.3 is 0 Å². The van der Waals surface area contributed by atoms with E-state index < -0.39 is 0 Å². The fourth-order valence-electron chi connectivity index (χ4n) is 4.78. The minimum atomic E-state index is -0.0126. The smallest absolute Gasteiger partial charge is 0.223 e. The Balaban J connectivity index is 0.00000140. The molecule has 2 aliphatic rings. The topological polar surface area (TPSA) is 72.9 Å². The van der Waals surface area contributed by atoms with Gasteiger partial charge in [0.15, 0.2) is 0 Å². The fraction of sp³-hybridized carbons (Fsp3) is 0.524. The first-order valence-corrected chi connectivity index (χ1v) is 9.76. The molecule has 2 aliphatic carbocycles. The Morgan fingerprint density at radius 3 is 2.61 bits per heavy atom. The molecule has 5 nitrogen and oxygen atoms in total. The Bertz CT molecular complexity index is 754. The highest BCUT2D eigenvalue weighted by Gasteiger charge is 2.40. The first-order valence-electron chi connectivity index (χ1n) is 9.76.